The molecule has 0 saturated heterocycles. The molecule has 0 amide bonds. The second-order valence-electron chi connectivity index (χ2n) is 9.58. The topological polar surface area (TPSA) is 133 Å². The zero-order valence-electron chi connectivity index (χ0n) is 23.1. The van der Waals surface area contributed by atoms with Crippen LogP contribution in [0.4, 0.5) is 0 Å². The Labute approximate surface area is 236 Å². The van der Waals surface area contributed by atoms with Crippen LogP contribution in [0.3, 0.4) is 0 Å². The zero-order valence-corrected chi connectivity index (χ0v) is 24.0. The fraction of sp³-hybridized carbons (Fsp3) is 0.300. The third-order valence-electron chi connectivity index (χ3n) is 6.12. The third-order valence-corrected chi connectivity index (χ3v) is 7.23. The minimum absolute atomic E-state index is 0.0119. The molecule has 206 valence electrons. The Morgan fingerprint density at radius 2 is 1.48 bits per heavy atom. The Hall–Kier alpha value is -4.67. The number of fused-ring (bicyclic) bond motifs is 1. The Bertz CT molecular complexity index is 1750. The van der Waals surface area contributed by atoms with E-state index in [1.165, 1.54) is 11.7 Å². The van der Waals surface area contributed by atoms with Gasteiger partial charge in [0, 0.05) is 0 Å². The van der Waals surface area contributed by atoms with E-state index in [9.17, 15) is 15.3 Å². The highest BCUT2D eigenvalue weighted by molar-refractivity contribution is 7.07. The van der Waals surface area contributed by atoms with Crippen LogP contribution in [0.25, 0.3) is 17.5 Å². The van der Waals surface area contributed by atoms with Crippen molar-refractivity contribution >= 4 is 28.8 Å². The minimum Gasteiger partial charge on any atom is -0.493 e. The van der Waals surface area contributed by atoms with E-state index >= 15 is 0 Å². The lowest BCUT2D eigenvalue weighted by molar-refractivity contribution is 0.230. The SMILES string of the molecule is COc1cc(/C=c2/sc3n(c2=O)C(N)=C(C#N)C(c2ccc(OC(C)C)c(OC)c2)C=3C#N)ccc1OC(C)C. The van der Waals surface area contributed by atoms with Gasteiger partial charge < -0.3 is 24.7 Å². The summed E-state index contributed by atoms with van der Waals surface area (Å²) in [6, 6.07) is 15.0. The van der Waals surface area contributed by atoms with Gasteiger partial charge in [0.25, 0.3) is 5.56 Å². The summed E-state index contributed by atoms with van der Waals surface area (Å²) in [6.45, 7) is 7.65. The normalized spacial score (nSPS) is 15.1. The van der Waals surface area contributed by atoms with E-state index in [0.29, 0.717) is 43.3 Å². The van der Waals surface area contributed by atoms with Crippen LogP contribution in [0.15, 0.2) is 46.8 Å². The number of methoxy groups -OCH3 is 2. The molecule has 0 aliphatic carbocycles. The number of thiazole rings is 1. The van der Waals surface area contributed by atoms with E-state index in [4.69, 9.17) is 24.7 Å². The molecule has 40 heavy (non-hydrogen) atoms. The van der Waals surface area contributed by atoms with Crippen molar-refractivity contribution in [2.24, 2.45) is 5.73 Å². The van der Waals surface area contributed by atoms with Crippen molar-refractivity contribution in [3.05, 3.63) is 72.6 Å². The summed E-state index contributed by atoms with van der Waals surface area (Å²) in [6.07, 6.45) is 1.59. The maximum Gasteiger partial charge on any atom is 0.274 e. The number of allylic oxidation sites excluding steroid dienone is 1. The molecule has 0 radical (unpaired) electrons. The third kappa shape index (κ3) is 5.27. The summed E-state index contributed by atoms with van der Waals surface area (Å²) in [5, 5.41) is 20.4. The molecular formula is C30H30N4O5S. The first-order chi connectivity index (χ1) is 19.1. The average molecular weight is 559 g/mol. The molecular weight excluding hydrogens is 528 g/mol. The molecule has 1 atom stereocenters. The maximum atomic E-state index is 13.5. The number of nitrogens with zero attached hydrogens (tertiary/aromatic N) is 3. The predicted molar refractivity (Wildman–Crippen MR) is 154 cm³/mol. The van der Waals surface area contributed by atoms with Crippen molar-refractivity contribution in [3.63, 3.8) is 0 Å². The summed E-state index contributed by atoms with van der Waals surface area (Å²) in [5.74, 6) is 1.32. The summed E-state index contributed by atoms with van der Waals surface area (Å²) in [7, 11) is 3.07. The summed E-state index contributed by atoms with van der Waals surface area (Å²) in [4.78, 5) is 13.5. The van der Waals surface area contributed by atoms with Crippen LogP contribution >= 0.6 is 11.3 Å². The quantitative estimate of drug-likeness (QED) is 0.445. The van der Waals surface area contributed by atoms with Crippen molar-refractivity contribution < 1.29 is 18.9 Å². The van der Waals surface area contributed by atoms with Crippen molar-refractivity contribution in [1.82, 2.24) is 4.57 Å². The standard InChI is InChI=1S/C30H30N4O5S/c1-16(2)38-22-9-7-18(11-24(22)36-5)12-26-29(35)34-28(33)20(14-31)27(21(15-32)30(34)40-26)19-8-10-23(39-17(3)4)25(13-19)37-6/h7-13,16-17,27H,33H2,1-6H3/b26-12+. The van der Waals surface area contributed by atoms with Gasteiger partial charge in [0.05, 0.1) is 60.2 Å². The Morgan fingerprint density at radius 1 is 0.900 bits per heavy atom. The molecule has 3 aromatic rings. The van der Waals surface area contributed by atoms with Crippen LogP contribution in [-0.4, -0.2) is 31.0 Å². The molecule has 1 aliphatic rings. The van der Waals surface area contributed by atoms with Crippen molar-refractivity contribution in [1.29, 1.82) is 10.5 Å². The molecule has 2 heterocycles. The van der Waals surface area contributed by atoms with Gasteiger partial charge in [0.15, 0.2) is 23.0 Å². The molecule has 9 nitrogen and oxygen atoms in total. The number of nitrogens with two attached hydrogens (primary N) is 1. The van der Waals surface area contributed by atoms with Gasteiger partial charge in [-0.05, 0) is 69.2 Å². The van der Waals surface area contributed by atoms with Crippen LogP contribution in [0, 0.1) is 22.7 Å². The van der Waals surface area contributed by atoms with Gasteiger partial charge >= 0.3 is 0 Å². The number of aromatic nitrogens is 1. The average Bonchev–Trinajstić information content (AvgIpc) is 3.24. The first kappa shape index (κ1) is 28.3. The maximum absolute atomic E-state index is 13.5. The second kappa shape index (κ2) is 11.6. The van der Waals surface area contributed by atoms with E-state index in [1.54, 1.807) is 43.5 Å². The molecule has 0 bridgehead atoms. The number of hydrogen-bond acceptors (Lipinski definition) is 9. The second-order valence-corrected chi connectivity index (χ2v) is 10.6. The lowest BCUT2D eigenvalue weighted by atomic mass is 9.84. The predicted octanol–water partition coefficient (Wildman–Crippen LogP) is 3.45. The van der Waals surface area contributed by atoms with Crippen LogP contribution in [-0.2, 0) is 0 Å². The van der Waals surface area contributed by atoms with E-state index in [1.807, 2.05) is 33.8 Å². The number of benzene rings is 2. The highest BCUT2D eigenvalue weighted by Gasteiger charge is 2.32. The Balaban J connectivity index is 1.92. The number of ether oxygens (including phenoxy) is 4. The van der Waals surface area contributed by atoms with Gasteiger partial charge in [-0.15, -0.1) is 11.3 Å². The van der Waals surface area contributed by atoms with Crippen LogP contribution in [0.1, 0.15) is 44.7 Å². The minimum atomic E-state index is -0.782. The van der Waals surface area contributed by atoms with E-state index in [2.05, 4.69) is 12.1 Å². The fourth-order valence-corrected chi connectivity index (χ4v) is 5.60. The Kier molecular flexibility index (Phi) is 8.22. The van der Waals surface area contributed by atoms with Gasteiger partial charge in [-0.1, -0.05) is 12.1 Å². The highest BCUT2D eigenvalue weighted by atomic mass is 32.1. The molecule has 0 spiro atoms. The summed E-state index contributed by atoms with van der Waals surface area (Å²) in [5.41, 5.74) is 7.67. The van der Waals surface area contributed by atoms with Crippen molar-refractivity contribution in [2.45, 2.75) is 45.8 Å². The smallest absolute Gasteiger partial charge is 0.274 e. The van der Waals surface area contributed by atoms with E-state index < -0.39 is 11.5 Å². The van der Waals surface area contributed by atoms with Gasteiger partial charge in [-0.25, -0.2) is 0 Å². The molecule has 2 N–H and O–H groups in total. The number of hydrogen-bond donors (Lipinski definition) is 1. The van der Waals surface area contributed by atoms with Crippen LogP contribution < -0.4 is 39.4 Å². The highest BCUT2D eigenvalue weighted by Crippen LogP contribution is 2.39. The molecule has 0 saturated carbocycles. The largest absolute Gasteiger partial charge is 0.493 e. The number of nitriles is 2. The van der Waals surface area contributed by atoms with Gasteiger partial charge in [-0.2, -0.15) is 10.5 Å². The monoisotopic (exact) mass is 558 g/mol. The molecule has 4 rings (SSSR count). The van der Waals surface area contributed by atoms with Crippen molar-refractivity contribution in [2.75, 3.05) is 14.2 Å². The molecule has 0 fully saturated rings. The van der Waals surface area contributed by atoms with Crippen molar-refractivity contribution in [3.8, 4) is 35.1 Å². The first-order valence-corrected chi connectivity index (χ1v) is 13.4. The van der Waals surface area contributed by atoms with Crippen LogP contribution in [0.5, 0.6) is 23.0 Å². The van der Waals surface area contributed by atoms with Gasteiger partial charge in [0.1, 0.15) is 10.5 Å². The first-order valence-electron chi connectivity index (χ1n) is 12.6. The molecule has 1 aromatic heterocycles. The summed E-state index contributed by atoms with van der Waals surface area (Å²) < 4.78 is 24.6. The lowest BCUT2D eigenvalue weighted by Gasteiger charge is -2.23. The lowest BCUT2D eigenvalue weighted by Crippen LogP contribution is -2.38. The van der Waals surface area contributed by atoms with Gasteiger partial charge in [-0.3, -0.25) is 9.36 Å². The molecule has 1 unspecified atom stereocenters. The fourth-order valence-electron chi connectivity index (χ4n) is 4.48. The van der Waals surface area contributed by atoms with E-state index in [-0.39, 0.29) is 29.2 Å². The van der Waals surface area contributed by atoms with Gasteiger partial charge in [0.2, 0.25) is 0 Å². The number of rotatable bonds is 8. The summed E-state index contributed by atoms with van der Waals surface area (Å²) >= 11 is 1.14. The Morgan fingerprint density at radius 3 is 2.02 bits per heavy atom. The molecule has 1 aliphatic heterocycles. The van der Waals surface area contributed by atoms with E-state index in [0.717, 1.165) is 11.3 Å². The zero-order chi connectivity index (χ0) is 29.1. The molecule has 10 heteroatoms. The molecule has 2 aromatic carbocycles. The van der Waals surface area contributed by atoms with Crippen LogP contribution in [0.2, 0.25) is 0 Å².